The summed E-state index contributed by atoms with van der Waals surface area (Å²) < 4.78 is 1.81. The third-order valence-electron chi connectivity index (χ3n) is 4.70. The minimum Gasteiger partial charge on any atom is -0.368 e. The van der Waals surface area contributed by atoms with Gasteiger partial charge in [0.05, 0.1) is 16.9 Å². The van der Waals surface area contributed by atoms with E-state index < -0.39 is 0 Å². The van der Waals surface area contributed by atoms with Crippen molar-refractivity contribution in [2.24, 2.45) is 13.0 Å². The van der Waals surface area contributed by atoms with Gasteiger partial charge in [-0.1, -0.05) is 0 Å². The van der Waals surface area contributed by atoms with Crippen LogP contribution in [0.25, 0.3) is 22.3 Å². The molecule has 1 aliphatic rings. The van der Waals surface area contributed by atoms with Gasteiger partial charge < -0.3 is 10.6 Å². The molecule has 4 heterocycles. The molecule has 0 amide bonds. The first-order chi connectivity index (χ1) is 12.2. The molecule has 0 unspecified atom stereocenters. The fourth-order valence-electron chi connectivity index (χ4n) is 3.42. The van der Waals surface area contributed by atoms with E-state index in [4.69, 9.17) is 4.98 Å². The highest BCUT2D eigenvalue weighted by molar-refractivity contribution is 5.88. The number of hydrogen-bond acceptors (Lipinski definition) is 6. The Balaban J connectivity index is 1.69. The van der Waals surface area contributed by atoms with Crippen LogP contribution in [0.3, 0.4) is 0 Å². The third kappa shape index (κ3) is 3.32. The van der Waals surface area contributed by atoms with Crippen LogP contribution in [0.5, 0.6) is 0 Å². The molecule has 0 aliphatic carbocycles. The van der Waals surface area contributed by atoms with E-state index in [9.17, 15) is 0 Å². The highest BCUT2D eigenvalue weighted by Crippen LogP contribution is 2.27. The van der Waals surface area contributed by atoms with E-state index in [1.807, 2.05) is 30.9 Å². The number of nitrogens with one attached hydrogen (secondary N) is 2. The van der Waals surface area contributed by atoms with Gasteiger partial charge in [-0.25, -0.2) is 9.97 Å². The minimum absolute atomic E-state index is 0.617. The zero-order valence-corrected chi connectivity index (χ0v) is 14.7. The normalized spacial score (nSPS) is 17.8. The minimum atomic E-state index is 0.617. The van der Waals surface area contributed by atoms with Crippen LogP contribution in [0, 0.1) is 12.8 Å². The molecule has 0 spiro atoms. The molecule has 7 nitrogen and oxygen atoms in total. The summed E-state index contributed by atoms with van der Waals surface area (Å²) in [6.45, 7) is 5.07. The van der Waals surface area contributed by atoms with Gasteiger partial charge in [-0.05, 0) is 44.8 Å². The van der Waals surface area contributed by atoms with Gasteiger partial charge in [0.25, 0.3) is 0 Å². The second kappa shape index (κ2) is 6.76. The Morgan fingerprint density at radius 3 is 2.96 bits per heavy atom. The lowest BCUT2D eigenvalue weighted by Crippen LogP contribution is -2.33. The monoisotopic (exact) mass is 337 g/mol. The fourth-order valence-corrected chi connectivity index (χ4v) is 3.42. The van der Waals surface area contributed by atoms with Gasteiger partial charge in [0.1, 0.15) is 5.52 Å². The largest absolute Gasteiger partial charge is 0.368 e. The van der Waals surface area contributed by atoms with Gasteiger partial charge in [-0.15, -0.1) is 0 Å². The van der Waals surface area contributed by atoms with Gasteiger partial charge in [-0.3, -0.25) is 9.67 Å². The maximum absolute atomic E-state index is 4.84. The Hall–Kier alpha value is -2.54. The standard InChI is InChI=1S/C18H23N7/c1-12-14(11-25(2)24-12)15-8-16-17(21-7-6-20-16)18(23-15)22-10-13-4-3-5-19-9-13/h6-8,11,13,19H,3-5,9-10H2,1-2H3,(H,22,23)/t13-/m0/s1. The SMILES string of the molecule is Cc1nn(C)cc1-c1cc2nccnc2c(NC[C@H]2CCCNC2)n1. The van der Waals surface area contributed by atoms with E-state index in [0.29, 0.717) is 5.92 Å². The smallest absolute Gasteiger partial charge is 0.154 e. The molecule has 3 aromatic heterocycles. The number of aryl methyl sites for hydroxylation is 2. The average molecular weight is 337 g/mol. The molecule has 1 fully saturated rings. The number of hydrogen-bond donors (Lipinski definition) is 2. The van der Waals surface area contributed by atoms with Gasteiger partial charge in [0.15, 0.2) is 5.82 Å². The molecule has 1 aliphatic heterocycles. The van der Waals surface area contributed by atoms with Crippen LogP contribution in [0.15, 0.2) is 24.7 Å². The molecule has 0 bridgehead atoms. The average Bonchev–Trinajstić information content (AvgIpc) is 2.98. The zero-order chi connectivity index (χ0) is 17.2. The maximum atomic E-state index is 4.84. The number of aromatic nitrogens is 5. The van der Waals surface area contributed by atoms with E-state index in [0.717, 1.165) is 53.4 Å². The molecule has 130 valence electrons. The van der Waals surface area contributed by atoms with E-state index in [-0.39, 0.29) is 0 Å². The molecule has 0 radical (unpaired) electrons. The summed E-state index contributed by atoms with van der Waals surface area (Å²) in [6, 6.07) is 1.99. The highest BCUT2D eigenvalue weighted by atomic mass is 15.2. The number of anilines is 1. The lowest BCUT2D eigenvalue weighted by atomic mass is 10.00. The molecule has 3 aromatic rings. The van der Waals surface area contributed by atoms with Gasteiger partial charge in [0.2, 0.25) is 0 Å². The van der Waals surface area contributed by atoms with Crippen molar-refractivity contribution in [3.8, 4) is 11.3 Å². The van der Waals surface area contributed by atoms with Crippen LogP contribution in [0.2, 0.25) is 0 Å². The fraction of sp³-hybridized carbons (Fsp3) is 0.444. The highest BCUT2D eigenvalue weighted by Gasteiger charge is 2.16. The quantitative estimate of drug-likeness (QED) is 0.759. The maximum Gasteiger partial charge on any atom is 0.154 e. The third-order valence-corrected chi connectivity index (χ3v) is 4.70. The second-order valence-electron chi connectivity index (χ2n) is 6.68. The number of pyridine rings is 1. The first-order valence-corrected chi connectivity index (χ1v) is 8.77. The Labute approximate surface area is 146 Å². The molecule has 25 heavy (non-hydrogen) atoms. The Kier molecular flexibility index (Phi) is 4.31. The van der Waals surface area contributed by atoms with Crippen LogP contribution >= 0.6 is 0 Å². The summed E-state index contributed by atoms with van der Waals surface area (Å²) in [7, 11) is 1.92. The van der Waals surface area contributed by atoms with Crippen molar-refractivity contribution in [2.45, 2.75) is 19.8 Å². The predicted molar refractivity (Wildman–Crippen MR) is 98.4 cm³/mol. The zero-order valence-electron chi connectivity index (χ0n) is 14.7. The van der Waals surface area contributed by atoms with Gasteiger partial charge in [-0.2, -0.15) is 5.10 Å². The summed E-state index contributed by atoms with van der Waals surface area (Å²) >= 11 is 0. The van der Waals surface area contributed by atoms with E-state index in [2.05, 4.69) is 25.7 Å². The molecule has 7 heteroatoms. The van der Waals surface area contributed by atoms with Crippen LogP contribution in [0.4, 0.5) is 5.82 Å². The van der Waals surface area contributed by atoms with Crippen LogP contribution in [-0.2, 0) is 7.05 Å². The number of rotatable bonds is 4. The molecule has 2 N–H and O–H groups in total. The lowest BCUT2D eigenvalue weighted by Gasteiger charge is -2.23. The van der Waals surface area contributed by atoms with Crippen LogP contribution < -0.4 is 10.6 Å². The van der Waals surface area contributed by atoms with Crippen LogP contribution in [-0.4, -0.2) is 44.4 Å². The first-order valence-electron chi connectivity index (χ1n) is 8.77. The second-order valence-corrected chi connectivity index (χ2v) is 6.68. The summed E-state index contributed by atoms with van der Waals surface area (Å²) in [5, 5.41) is 11.4. The Bertz CT molecular complexity index is 880. The summed E-state index contributed by atoms with van der Waals surface area (Å²) in [4.78, 5) is 13.8. The number of fused-ring (bicyclic) bond motifs is 1. The topological polar surface area (TPSA) is 80.5 Å². The molecule has 1 atom stereocenters. The molecule has 1 saturated heterocycles. The van der Waals surface area contributed by atoms with Crippen molar-refractivity contribution < 1.29 is 0 Å². The summed E-state index contributed by atoms with van der Waals surface area (Å²) in [6.07, 6.45) is 7.90. The van der Waals surface area contributed by atoms with Crippen LogP contribution in [0.1, 0.15) is 18.5 Å². The molecular weight excluding hydrogens is 314 g/mol. The summed E-state index contributed by atoms with van der Waals surface area (Å²) in [5.74, 6) is 1.42. The molecule has 0 saturated carbocycles. The Morgan fingerprint density at radius 2 is 2.20 bits per heavy atom. The Morgan fingerprint density at radius 1 is 1.32 bits per heavy atom. The van der Waals surface area contributed by atoms with Crippen molar-refractivity contribution in [3.63, 3.8) is 0 Å². The van der Waals surface area contributed by atoms with Crippen molar-refractivity contribution in [1.82, 2.24) is 30.0 Å². The van der Waals surface area contributed by atoms with Crippen molar-refractivity contribution in [3.05, 3.63) is 30.4 Å². The van der Waals surface area contributed by atoms with Crippen molar-refractivity contribution >= 4 is 16.9 Å². The van der Waals surface area contributed by atoms with E-state index in [1.165, 1.54) is 12.8 Å². The summed E-state index contributed by atoms with van der Waals surface area (Å²) in [5.41, 5.74) is 4.53. The molecule has 4 rings (SSSR count). The van der Waals surface area contributed by atoms with E-state index in [1.54, 1.807) is 12.4 Å². The molecule has 0 aromatic carbocycles. The van der Waals surface area contributed by atoms with Gasteiger partial charge >= 0.3 is 0 Å². The first kappa shape index (κ1) is 16.0. The van der Waals surface area contributed by atoms with Gasteiger partial charge in [0, 0.05) is 37.7 Å². The van der Waals surface area contributed by atoms with Crippen molar-refractivity contribution in [1.29, 1.82) is 0 Å². The number of nitrogens with zero attached hydrogens (tertiary/aromatic N) is 5. The number of piperidine rings is 1. The van der Waals surface area contributed by atoms with Crippen molar-refractivity contribution in [2.75, 3.05) is 25.0 Å². The predicted octanol–water partition coefficient (Wildman–Crippen LogP) is 2.15. The molecular formula is C18H23N7. The lowest BCUT2D eigenvalue weighted by molar-refractivity contribution is 0.392. The van der Waals surface area contributed by atoms with E-state index >= 15 is 0 Å².